The largest absolute Gasteiger partial charge is 0.497 e. The molecule has 1 aliphatic rings. The summed E-state index contributed by atoms with van der Waals surface area (Å²) in [6, 6.07) is 7.72. The Balaban J connectivity index is 1.68. The Morgan fingerprint density at radius 1 is 1.26 bits per heavy atom. The zero-order valence-electron chi connectivity index (χ0n) is 13.1. The van der Waals surface area contributed by atoms with Gasteiger partial charge in [0, 0.05) is 30.2 Å². The molecule has 6 nitrogen and oxygen atoms in total. The van der Waals surface area contributed by atoms with Crippen molar-refractivity contribution in [2.75, 3.05) is 20.2 Å². The van der Waals surface area contributed by atoms with E-state index in [0.717, 1.165) is 16.7 Å². The van der Waals surface area contributed by atoms with Gasteiger partial charge in [-0.15, -0.1) is 0 Å². The molecule has 0 unspecified atom stereocenters. The number of carbonyl (C=O) groups is 2. The van der Waals surface area contributed by atoms with Crippen molar-refractivity contribution in [1.29, 1.82) is 0 Å². The first-order valence-electron chi connectivity index (χ1n) is 7.72. The van der Waals surface area contributed by atoms with E-state index >= 15 is 0 Å². The molecule has 122 valence electrons. The molecular weight excluding hydrogens is 296 g/mol. The van der Waals surface area contributed by atoms with Crippen LogP contribution in [-0.4, -0.2) is 46.6 Å². The van der Waals surface area contributed by atoms with E-state index in [9.17, 15) is 9.59 Å². The minimum Gasteiger partial charge on any atom is -0.497 e. The van der Waals surface area contributed by atoms with Crippen LogP contribution in [0.15, 0.2) is 30.5 Å². The summed E-state index contributed by atoms with van der Waals surface area (Å²) in [6.07, 6.45) is 2.96. The van der Waals surface area contributed by atoms with E-state index in [0.29, 0.717) is 25.9 Å². The summed E-state index contributed by atoms with van der Waals surface area (Å²) in [5.74, 6) is -0.263. The van der Waals surface area contributed by atoms with Gasteiger partial charge in [-0.1, -0.05) is 0 Å². The molecule has 0 atom stereocenters. The van der Waals surface area contributed by atoms with Crippen LogP contribution in [0.5, 0.6) is 5.75 Å². The van der Waals surface area contributed by atoms with E-state index in [1.54, 1.807) is 12.0 Å². The average molecular weight is 316 g/mol. The first kappa shape index (κ1) is 15.4. The zero-order chi connectivity index (χ0) is 16.4. The van der Waals surface area contributed by atoms with Crippen molar-refractivity contribution in [3.05, 3.63) is 30.5 Å². The van der Waals surface area contributed by atoms with Crippen molar-refractivity contribution in [3.63, 3.8) is 0 Å². The van der Waals surface area contributed by atoms with Gasteiger partial charge >= 0.3 is 5.97 Å². The lowest BCUT2D eigenvalue weighted by Gasteiger charge is -2.30. The van der Waals surface area contributed by atoms with Crippen molar-refractivity contribution in [3.8, 4) is 5.75 Å². The van der Waals surface area contributed by atoms with Gasteiger partial charge in [0.2, 0.25) is 5.91 Å². The molecule has 1 fully saturated rings. The maximum atomic E-state index is 12.4. The topological polar surface area (TPSA) is 71.8 Å². The molecule has 2 aromatic rings. The highest BCUT2D eigenvalue weighted by atomic mass is 16.5. The molecule has 0 spiro atoms. The number of ether oxygens (including phenoxy) is 1. The molecule has 0 radical (unpaired) electrons. The van der Waals surface area contributed by atoms with Crippen LogP contribution in [0.25, 0.3) is 10.9 Å². The monoisotopic (exact) mass is 316 g/mol. The van der Waals surface area contributed by atoms with Crippen LogP contribution < -0.4 is 4.74 Å². The number of carboxylic acid groups (broad SMARTS) is 1. The maximum absolute atomic E-state index is 12.4. The Kier molecular flexibility index (Phi) is 4.23. The molecule has 6 heteroatoms. The Morgan fingerprint density at radius 2 is 2.00 bits per heavy atom. The number of rotatable bonds is 4. The minimum atomic E-state index is -0.762. The molecular formula is C17H20N2O4. The molecule has 1 aromatic heterocycles. The van der Waals surface area contributed by atoms with Crippen LogP contribution in [0.3, 0.4) is 0 Å². The number of aromatic nitrogens is 1. The molecule has 3 rings (SSSR count). The highest BCUT2D eigenvalue weighted by Gasteiger charge is 2.27. The predicted octanol–water partition coefficient (Wildman–Crippen LogP) is 1.97. The minimum absolute atomic E-state index is 0.0298. The molecule has 0 bridgehead atoms. The lowest BCUT2D eigenvalue weighted by Crippen LogP contribution is -2.41. The Bertz CT molecular complexity index is 729. The smallest absolute Gasteiger partial charge is 0.306 e. The molecule has 0 saturated carbocycles. The molecule has 1 amide bonds. The van der Waals surface area contributed by atoms with Crippen LogP contribution >= 0.6 is 0 Å². The van der Waals surface area contributed by atoms with Gasteiger partial charge in [0.15, 0.2) is 0 Å². The quantitative estimate of drug-likeness (QED) is 0.936. The third-order valence-corrected chi connectivity index (χ3v) is 4.48. The fourth-order valence-electron chi connectivity index (χ4n) is 3.06. The fourth-order valence-corrected chi connectivity index (χ4v) is 3.06. The summed E-state index contributed by atoms with van der Waals surface area (Å²) in [5, 5.41) is 10.0. The number of hydrogen-bond acceptors (Lipinski definition) is 3. The molecule has 2 heterocycles. The summed E-state index contributed by atoms with van der Waals surface area (Å²) < 4.78 is 7.12. The van der Waals surface area contributed by atoms with E-state index in [4.69, 9.17) is 9.84 Å². The number of piperidine rings is 1. The standard InChI is InChI=1S/C17H20N2O4/c1-23-14-2-3-15-13(10-14)6-9-19(15)11-16(20)18-7-4-12(5-8-18)17(21)22/h2-3,6,9-10,12H,4-5,7-8,11H2,1H3,(H,21,22). The molecule has 1 saturated heterocycles. The van der Waals surface area contributed by atoms with Gasteiger partial charge in [-0.2, -0.15) is 0 Å². The highest BCUT2D eigenvalue weighted by molar-refractivity contribution is 5.84. The third-order valence-electron chi connectivity index (χ3n) is 4.48. The molecule has 1 aliphatic heterocycles. The van der Waals surface area contributed by atoms with Crippen molar-refractivity contribution < 1.29 is 19.4 Å². The predicted molar refractivity (Wildman–Crippen MR) is 85.4 cm³/mol. The Hall–Kier alpha value is -2.50. The number of carbonyl (C=O) groups excluding carboxylic acids is 1. The number of benzene rings is 1. The number of hydrogen-bond donors (Lipinski definition) is 1. The lowest BCUT2D eigenvalue weighted by atomic mass is 9.97. The third kappa shape index (κ3) is 3.16. The number of aliphatic carboxylic acids is 1. The number of amides is 1. The highest BCUT2D eigenvalue weighted by Crippen LogP contribution is 2.22. The van der Waals surface area contributed by atoms with Gasteiger partial charge in [0.1, 0.15) is 12.3 Å². The van der Waals surface area contributed by atoms with Gasteiger partial charge in [-0.25, -0.2) is 0 Å². The van der Waals surface area contributed by atoms with Gasteiger partial charge in [0.25, 0.3) is 0 Å². The number of fused-ring (bicyclic) bond motifs is 1. The molecule has 0 aliphatic carbocycles. The van der Waals surface area contributed by atoms with Crippen LogP contribution in [0.4, 0.5) is 0 Å². The second kappa shape index (κ2) is 6.32. The summed E-state index contributed by atoms with van der Waals surface area (Å²) in [6.45, 7) is 1.30. The lowest BCUT2D eigenvalue weighted by molar-refractivity contribution is -0.145. The molecule has 1 aromatic carbocycles. The van der Waals surface area contributed by atoms with E-state index < -0.39 is 5.97 Å². The van der Waals surface area contributed by atoms with Crippen LogP contribution in [0.2, 0.25) is 0 Å². The van der Waals surface area contributed by atoms with Crippen molar-refractivity contribution in [2.45, 2.75) is 19.4 Å². The number of methoxy groups -OCH3 is 1. The van der Waals surface area contributed by atoms with Crippen molar-refractivity contribution >= 4 is 22.8 Å². The molecule has 1 N–H and O–H groups in total. The first-order chi connectivity index (χ1) is 11.1. The second-order valence-corrected chi connectivity index (χ2v) is 5.86. The second-order valence-electron chi connectivity index (χ2n) is 5.86. The van der Waals surface area contributed by atoms with Crippen LogP contribution in [0.1, 0.15) is 12.8 Å². The maximum Gasteiger partial charge on any atom is 0.306 e. The number of likely N-dealkylation sites (tertiary alicyclic amines) is 1. The average Bonchev–Trinajstić information content (AvgIpc) is 2.97. The van der Waals surface area contributed by atoms with E-state index in [2.05, 4.69) is 0 Å². The van der Waals surface area contributed by atoms with E-state index in [1.165, 1.54) is 0 Å². The SMILES string of the molecule is COc1ccc2c(ccn2CC(=O)N2CCC(C(=O)O)CC2)c1. The molecule has 23 heavy (non-hydrogen) atoms. The van der Waals surface area contributed by atoms with E-state index in [1.807, 2.05) is 35.0 Å². The summed E-state index contributed by atoms with van der Waals surface area (Å²) in [7, 11) is 1.63. The van der Waals surface area contributed by atoms with Crippen molar-refractivity contribution in [1.82, 2.24) is 9.47 Å². The number of nitrogens with zero attached hydrogens (tertiary/aromatic N) is 2. The van der Waals surface area contributed by atoms with Gasteiger partial charge in [-0.05, 0) is 37.1 Å². The normalized spacial score (nSPS) is 15.8. The van der Waals surface area contributed by atoms with Crippen LogP contribution in [0, 0.1) is 5.92 Å². The Morgan fingerprint density at radius 3 is 2.65 bits per heavy atom. The summed E-state index contributed by atoms with van der Waals surface area (Å²) in [5.41, 5.74) is 0.986. The van der Waals surface area contributed by atoms with Gasteiger partial charge in [0.05, 0.1) is 13.0 Å². The van der Waals surface area contributed by atoms with Gasteiger partial charge in [-0.3, -0.25) is 9.59 Å². The number of carboxylic acids is 1. The van der Waals surface area contributed by atoms with E-state index in [-0.39, 0.29) is 18.4 Å². The fraction of sp³-hybridized carbons (Fsp3) is 0.412. The summed E-state index contributed by atoms with van der Waals surface area (Å²) in [4.78, 5) is 25.2. The van der Waals surface area contributed by atoms with Crippen LogP contribution in [-0.2, 0) is 16.1 Å². The van der Waals surface area contributed by atoms with Gasteiger partial charge < -0.3 is 19.3 Å². The van der Waals surface area contributed by atoms with Crippen molar-refractivity contribution in [2.24, 2.45) is 5.92 Å². The Labute approximate surface area is 134 Å². The summed E-state index contributed by atoms with van der Waals surface area (Å²) >= 11 is 0. The first-order valence-corrected chi connectivity index (χ1v) is 7.72. The zero-order valence-corrected chi connectivity index (χ0v) is 13.1.